The number of ether oxygens (including phenoxy) is 4. The first-order valence-electron chi connectivity index (χ1n) is 4.76. The van der Waals surface area contributed by atoms with Gasteiger partial charge in [0.15, 0.2) is 24.3 Å². The molecule has 0 aromatic heterocycles. The van der Waals surface area contributed by atoms with Gasteiger partial charge in [0.2, 0.25) is 0 Å². The Morgan fingerprint density at radius 3 is 2.86 bits per heavy atom. The van der Waals surface area contributed by atoms with Crippen molar-refractivity contribution in [2.75, 3.05) is 0 Å². The summed E-state index contributed by atoms with van der Waals surface area (Å²) in [4.78, 5) is 11.0. The fourth-order valence-electron chi connectivity index (χ4n) is 2.22. The van der Waals surface area contributed by atoms with E-state index in [1.165, 1.54) is 0 Å². The minimum absolute atomic E-state index is 0.186. The highest BCUT2D eigenvalue weighted by molar-refractivity contribution is 5.73. The molecule has 5 nitrogen and oxygen atoms in total. The van der Waals surface area contributed by atoms with E-state index in [1.807, 2.05) is 13.8 Å². The number of carbonyl (C=O) groups excluding carboxylic acids is 1. The molecule has 3 aliphatic rings. The molecular weight excluding hydrogens is 188 g/mol. The van der Waals surface area contributed by atoms with E-state index in [9.17, 15) is 4.79 Å². The van der Waals surface area contributed by atoms with Gasteiger partial charge in [0.1, 0.15) is 6.10 Å². The van der Waals surface area contributed by atoms with E-state index in [-0.39, 0.29) is 30.6 Å². The zero-order chi connectivity index (χ0) is 9.92. The summed E-state index contributed by atoms with van der Waals surface area (Å²) >= 11 is 0. The van der Waals surface area contributed by atoms with E-state index in [2.05, 4.69) is 0 Å². The van der Waals surface area contributed by atoms with Crippen LogP contribution in [0.25, 0.3) is 0 Å². The molecule has 3 saturated heterocycles. The van der Waals surface area contributed by atoms with E-state index < -0.39 is 5.79 Å². The van der Waals surface area contributed by atoms with Gasteiger partial charge in [-0.15, -0.1) is 0 Å². The van der Waals surface area contributed by atoms with Gasteiger partial charge in [0, 0.05) is 0 Å². The molecule has 3 heterocycles. The molecule has 0 N–H and O–H groups in total. The lowest BCUT2D eigenvalue weighted by Crippen LogP contribution is -2.32. The smallest absolute Gasteiger partial charge is 0.309 e. The number of rotatable bonds is 0. The molecule has 0 spiro atoms. The largest absolute Gasteiger partial charge is 0.456 e. The fraction of sp³-hybridized carbons (Fsp3) is 0.889. The van der Waals surface area contributed by atoms with Gasteiger partial charge < -0.3 is 18.9 Å². The number of carbonyl (C=O) groups is 1. The molecule has 3 fully saturated rings. The molecule has 0 amide bonds. The van der Waals surface area contributed by atoms with Gasteiger partial charge in [-0.05, 0) is 13.8 Å². The molecule has 0 bridgehead atoms. The van der Waals surface area contributed by atoms with Gasteiger partial charge in [-0.25, -0.2) is 0 Å². The van der Waals surface area contributed by atoms with Crippen molar-refractivity contribution in [1.29, 1.82) is 0 Å². The first-order chi connectivity index (χ1) is 6.55. The molecule has 0 aromatic carbocycles. The van der Waals surface area contributed by atoms with E-state index in [1.54, 1.807) is 0 Å². The van der Waals surface area contributed by atoms with Gasteiger partial charge in [0.05, 0.1) is 6.42 Å². The highest BCUT2D eigenvalue weighted by Crippen LogP contribution is 2.41. The van der Waals surface area contributed by atoms with Crippen LogP contribution in [0.15, 0.2) is 0 Å². The number of esters is 1. The average molecular weight is 200 g/mol. The molecule has 3 aliphatic heterocycles. The number of fused-ring (bicyclic) bond motifs is 3. The van der Waals surface area contributed by atoms with Gasteiger partial charge in [0.25, 0.3) is 0 Å². The van der Waals surface area contributed by atoms with Crippen LogP contribution in [-0.2, 0) is 23.7 Å². The Balaban J connectivity index is 1.81. The Morgan fingerprint density at radius 2 is 2.07 bits per heavy atom. The van der Waals surface area contributed by atoms with Gasteiger partial charge in [-0.1, -0.05) is 0 Å². The van der Waals surface area contributed by atoms with Crippen molar-refractivity contribution in [3.8, 4) is 0 Å². The van der Waals surface area contributed by atoms with Crippen LogP contribution in [0.3, 0.4) is 0 Å². The van der Waals surface area contributed by atoms with Crippen molar-refractivity contribution < 1.29 is 23.7 Å². The van der Waals surface area contributed by atoms with Crippen molar-refractivity contribution in [1.82, 2.24) is 0 Å². The minimum Gasteiger partial charge on any atom is -0.456 e. The first kappa shape index (κ1) is 8.64. The van der Waals surface area contributed by atoms with E-state index >= 15 is 0 Å². The topological polar surface area (TPSA) is 54.0 Å². The normalized spacial score (nSPS) is 48.9. The van der Waals surface area contributed by atoms with Crippen LogP contribution in [0.4, 0.5) is 0 Å². The second-order valence-electron chi connectivity index (χ2n) is 4.30. The predicted octanol–water partition coefficient (Wildman–Crippen LogP) is 0.178. The highest BCUT2D eigenvalue weighted by atomic mass is 16.8. The molecule has 14 heavy (non-hydrogen) atoms. The molecule has 5 heteroatoms. The lowest BCUT2D eigenvalue weighted by Gasteiger charge is -2.20. The molecule has 0 radical (unpaired) electrons. The average Bonchev–Trinajstić information content (AvgIpc) is 2.58. The predicted molar refractivity (Wildman–Crippen MR) is 43.2 cm³/mol. The quantitative estimate of drug-likeness (QED) is 0.522. The van der Waals surface area contributed by atoms with Crippen LogP contribution >= 0.6 is 0 Å². The van der Waals surface area contributed by atoms with Crippen LogP contribution in [0.1, 0.15) is 20.3 Å². The summed E-state index contributed by atoms with van der Waals surface area (Å²) in [5.41, 5.74) is 0. The van der Waals surface area contributed by atoms with Gasteiger partial charge >= 0.3 is 5.97 Å². The first-order valence-corrected chi connectivity index (χ1v) is 4.76. The van der Waals surface area contributed by atoms with E-state index in [0.717, 1.165) is 0 Å². The van der Waals surface area contributed by atoms with E-state index in [4.69, 9.17) is 18.9 Å². The molecule has 0 aromatic rings. The maximum atomic E-state index is 11.0. The third kappa shape index (κ3) is 1.09. The minimum atomic E-state index is -0.644. The molecule has 4 atom stereocenters. The standard InChI is InChI=1S/C9H12O5/c1-9(2)13-7-6-4(3-5(10)12-6)11-8(7)14-9/h4,6-8H,3H2,1-2H3/t4?,6-,7?,8?/m0/s1. The van der Waals surface area contributed by atoms with Crippen LogP contribution in [0.2, 0.25) is 0 Å². The van der Waals surface area contributed by atoms with Crippen LogP contribution in [-0.4, -0.2) is 36.4 Å². The molecule has 3 unspecified atom stereocenters. The van der Waals surface area contributed by atoms with Crippen molar-refractivity contribution in [2.24, 2.45) is 0 Å². The zero-order valence-electron chi connectivity index (χ0n) is 8.06. The highest BCUT2D eigenvalue weighted by Gasteiger charge is 2.59. The molecular formula is C9H12O5. The molecule has 0 aliphatic carbocycles. The van der Waals surface area contributed by atoms with Crippen molar-refractivity contribution >= 4 is 5.97 Å². The SMILES string of the molecule is CC1(C)OC2OC3CC(=O)O[C@@H]3C2O1. The van der Waals surface area contributed by atoms with Crippen molar-refractivity contribution in [3.05, 3.63) is 0 Å². The number of hydrogen-bond acceptors (Lipinski definition) is 5. The summed E-state index contributed by atoms with van der Waals surface area (Å²) in [6, 6.07) is 0. The second kappa shape index (κ2) is 2.48. The maximum absolute atomic E-state index is 11.0. The zero-order valence-corrected chi connectivity index (χ0v) is 8.06. The Morgan fingerprint density at radius 1 is 1.29 bits per heavy atom. The summed E-state index contributed by atoms with van der Waals surface area (Å²) in [5.74, 6) is -0.860. The summed E-state index contributed by atoms with van der Waals surface area (Å²) in [6.07, 6.45) is -0.803. The third-order valence-electron chi connectivity index (χ3n) is 2.72. The monoisotopic (exact) mass is 200 g/mol. The molecule has 0 saturated carbocycles. The summed E-state index contributed by atoms with van der Waals surface area (Å²) < 4.78 is 21.8. The Hall–Kier alpha value is -0.650. The summed E-state index contributed by atoms with van der Waals surface area (Å²) in [7, 11) is 0. The fourth-order valence-corrected chi connectivity index (χ4v) is 2.22. The molecule has 3 rings (SSSR count). The third-order valence-corrected chi connectivity index (χ3v) is 2.72. The van der Waals surface area contributed by atoms with Gasteiger partial charge in [-0.3, -0.25) is 4.79 Å². The van der Waals surface area contributed by atoms with Gasteiger partial charge in [-0.2, -0.15) is 0 Å². The van der Waals surface area contributed by atoms with Crippen molar-refractivity contribution in [2.45, 2.75) is 50.7 Å². The summed E-state index contributed by atoms with van der Waals surface area (Å²) in [6.45, 7) is 3.64. The maximum Gasteiger partial charge on any atom is 0.309 e. The Kier molecular flexibility index (Phi) is 1.53. The Labute approximate surface area is 81.3 Å². The van der Waals surface area contributed by atoms with E-state index in [0.29, 0.717) is 6.42 Å². The summed E-state index contributed by atoms with van der Waals surface area (Å²) in [5, 5.41) is 0. The lowest BCUT2D eigenvalue weighted by molar-refractivity contribution is -0.209. The second-order valence-corrected chi connectivity index (χ2v) is 4.30. The lowest BCUT2D eigenvalue weighted by atomic mass is 10.1. The van der Waals surface area contributed by atoms with Crippen LogP contribution in [0, 0.1) is 0 Å². The Bertz CT molecular complexity index is 287. The van der Waals surface area contributed by atoms with Crippen molar-refractivity contribution in [3.63, 3.8) is 0 Å². The van der Waals surface area contributed by atoms with Crippen LogP contribution < -0.4 is 0 Å². The van der Waals surface area contributed by atoms with Crippen LogP contribution in [0.5, 0.6) is 0 Å². The molecule has 78 valence electrons. The number of hydrogen-bond donors (Lipinski definition) is 0.